The van der Waals surface area contributed by atoms with Gasteiger partial charge in [-0.3, -0.25) is 23.7 Å². The van der Waals surface area contributed by atoms with Crippen LogP contribution in [0.15, 0.2) is 65.6 Å². The summed E-state index contributed by atoms with van der Waals surface area (Å²) in [5.41, 5.74) is 1.79. The first-order valence-electron chi connectivity index (χ1n) is 21.9. The number of rotatable bonds is 25. The highest BCUT2D eigenvalue weighted by Crippen LogP contribution is 2.32. The minimum absolute atomic E-state index is 0.00203. The molecule has 2 amide bonds. The lowest BCUT2D eigenvalue weighted by Crippen LogP contribution is -2.54. The number of ketones is 2. The third-order valence-electron chi connectivity index (χ3n) is 12.8. The van der Waals surface area contributed by atoms with E-state index in [1.54, 1.807) is 45.3 Å². The molecule has 0 unspecified atom stereocenters. The summed E-state index contributed by atoms with van der Waals surface area (Å²) in [6, 6.07) is 14.6. The maximum absolute atomic E-state index is 14.4. The Kier molecular flexibility index (Phi) is 20.5. The number of amides is 2. The predicted molar refractivity (Wildman–Crippen MR) is 240 cm³/mol. The number of likely N-dealkylation sites (tertiary alicyclic amines) is 1. The van der Waals surface area contributed by atoms with Gasteiger partial charge in [-0.15, -0.1) is 0 Å². The fourth-order valence-corrected chi connectivity index (χ4v) is 9.47. The monoisotopic (exact) mass is 868 g/mol. The van der Waals surface area contributed by atoms with Crippen molar-refractivity contribution in [2.75, 3.05) is 34.9 Å². The number of methoxy groups -OCH3 is 2. The molecule has 2 aromatic rings. The van der Waals surface area contributed by atoms with Gasteiger partial charge in [0, 0.05) is 52.5 Å². The predicted octanol–water partition coefficient (Wildman–Crippen LogP) is 7.16. The fraction of sp³-hybridized carbons (Fsp3) is 0.625. The number of carbonyl (C=O) groups is 4. The van der Waals surface area contributed by atoms with Crippen molar-refractivity contribution in [1.82, 2.24) is 15.1 Å². The van der Waals surface area contributed by atoms with Crippen LogP contribution >= 0.6 is 0 Å². The van der Waals surface area contributed by atoms with E-state index in [4.69, 9.17) is 9.47 Å². The van der Waals surface area contributed by atoms with E-state index in [0.29, 0.717) is 19.4 Å². The van der Waals surface area contributed by atoms with Crippen LogP contribution in [0.2, 0.25) is 0 Å². The van der Waals surface area contributed by atoms with Gasteiger partial charge >= 0.3 is 0 Å². The van der Waals surface area contributed by atoms with E-state index in [1.165, 1.54) is 12.1 Å². The third kappa shape index (κ3) is 14.4. The maximum atomic E-state index is 14.4. The maximum Gasteiger partial charge on any atom is 0.294 e. The molecule has 0 aromatic heterocycles. The highest BCUT2D eigenvalue weighted by molar-refractivity contribution is 7.85. The lowest BCUT2D eigenvalue weighted by Gasteiger charge is -2.41. The van der Waals surface area contributed by atoms with Crippen molar-refractivity contribution < 1.29 is 41.6 Å². The Morgan fingerprint density at radius 2 is 1.54 bits per heavy atom. The van der Waals surface area contributed by atoms with Gasteiger partial charge in [0.05, 0.1) is 41.6 Å². The summed E-state index contributed by atoms with van der Waals surface area (Å²) in [7, 11) is 2.37. The Morgan fingerprint density at radius 3 is 2.07 bits per heavy atom. The molecular formula is C48H73N3O9S. The van der Waals surface area contributed by atoms with Crippen molar-refractivity contribution >= 4 is 39.6 Å². The average molecular weight is 868 g/mol. The van der Waals surface area contributed by atoms with Gasteiger partial charge < -0.3 is 24.6 Å². The Bertz CT molecular complexity index is 1850. The van der Waals surface area contributed by atoms with Gasteiger partial charge in [-0.25, -0.2) is 0 Å². The van der Waals surface area contributed by atoms with Crippen LogP contribution in [-0.4, -0.2) is 111 Å². The number of Topliss-reactive ketones (excluding diaryl/α,β-unsaturated/α-hetero) is 2. The molecule has 2 N–H and O–H groups in total. The lowest BCUT2D eigenvalue weighted by molar-refractivity contribution is -0.149. The first kappa shape index (κ1) is 51.6. The van der Waals surface area contributed by atoms with E-state index >= 15 is 0 Å². The number of hydrogen-bond donors (Lipinski definition) is 2. The summed E-state index contributed by atoms with van der Waals surface area (Å²) in [6.07, 6.45) is 5.79. The molecule has 12 nitrogen and oxygen atoms in total. The zero-order valence-electron chi connectivity index (χ0n) is 38.4. The molecule has 1 saturated heterocycles. The van der Waals surface area contributed by atoms with E-state index in [1.807, 2.05) is 82.0 Å². The normalized spacial score (nSPS) is 18.7. The summed E-state index contributed by atoms with van der Waals surface area (Å²) >= 11 is 0. The SMILES string of the molecule is CC[C@H](C)[C@@H]([C@@H](CC(=O)N1CCC[C@H]1[C@H](OC)[C@@H](C)C(=O)C[C@H](/C=C/c1ccc(S(=O)(=O)O)cc1)Cc1ccccc1)OC)N(C)C(=O)[C@@H](CC(=O)[C@@H](NC)C(C)C)C(C)C. The van der Waals surface area contributed by atoms with Crippen molar-refractivity contribution in [2.24, 2.45) is 35.5 Å². The van der Waals surface area contributed by atoms with Crippen LogP contribution in [-0.2, 0) is 45.2 Å². The number of likely N-dealkylation sites (N-methyl/N-ethyl adjacent to an activating group) is 2. The van der Waals surface area contributed by atoms with Crippen LogP contribution in [0.25, 0.3) is 6.08 Å². The fourth-order valence-electron chi connectivity index (χ4n) is 8.99. The molecule has 3 rings (SSSR count). The zero-order chi connectivity index (χ0) is 45.6. The second-order valence-corrected chi connectivity index (χ2v) is 19.1. The Labute approximate surface area is 366 Å². The highest BCUT2D eigenvalue weighted by atomic mass is 32.2. The highest BCUT2D eigenvalue weighted by Gasteiger charge is 2.43. The molecule has 0 radical (unpaired) electrons. The van der Waals surface area contributed by atoms with Crippen molar-refractivity contribution in [3.63, 3.8) is 0 Å². The van der Waals surface area contributed by atoms with Gasteiger partial charge in [0.2, 0.25) is 11.8 Å². The lowest BCUT2D eigenvalue weighted by atomic mass is 9.84. The van der Waals surface area contributed by atoms with E-state index in [0.717, 1.165) is 24.0 Å². The first-order chi connectivity index (χ1) is 28.8. The second-order valence-electron chi connectivity index (χ2n) is 17.6. The molecule has 1 heterocycles. The number of carbonyl (C=O) groups excluding carboxylic acids is 4. The molecular weight excluding hydrogens is 795 g/mol. The van der Waals surface area contributed by atoms with E-state index in [9.17, 15) is 32.1 Å². The van der Waals surface area contributed by atoms with Crippen LogP contribution in [0.3, 0.4) is 0 Å². The van der Waals surface area contributed by atoms with Crippen molar-refractivity contribution in [1.29, 1.82) is 0 Å². The average Bonchev–Trinajstić information content (AvgIpc) is 3.71. The number of nitrogens with zero attached hydrogens (tertiary/aromatic N) is 2. The van der Waals surface area contributed by atoms with Crippen molar-refractivity contribution in [2.45, 2.75) is 129 Å². The minimum atomic E-state index is -4.32. The Hall–Kier alpha value is -3.75. The number of allylic oxidation sites excluding steroid dienone is 1. The standard InChI is InChI=1S/C48H73N3O9S/c1-12-33(6)46(50(9)48(55)39(31(2)3)29-42(53)45(49-8)32(4)5)43(59-10)30-44(54)51-26-16-19-40(51)47(60-11)34(7)41(52)28-37(27-36-17-14-13-15-18-36)21-20-35-22-24-38(25-23-35)61(56,57)58/h13-15,17-18,20-25,31-34,37,39-40,43,45-47,49H,12,16,19,26-30H2,1-11H3,(H,56,57,58)/b21-20+/t33-,34-,37+,39-,40-,43+,45-,46-,47+/m0/s1. The molecule has 1 aliphatic rings. The summed E-state index contributed by atoms with van der Waals surface area (Å²) in [4.78, 5) is 59.6. The summed E-state index contributed by atoms with van der Waals surface area (Å²) in [6.45, 7) is 14.4. The molecule has 13 heteroatoms. The van der Waals surface area contributed by atoms with Crippen molar-refractivity contribution in [3.8, 4) is 0 Å². The molecule has 1 aliphatic heterocycles. The summed E-state index contributed by atoms with van der Waals surface area (Å²) < 4.78 is 44.6. The Morgan fingerprint density at radius 1 is 0.902 bits per heavy atom. The zero-order valence-corrected chi connectivity index (χ0v) is 39.2. The van der Waals surface area contributed by atoms with Crippen LogP contribution < -0.4 is 5.32 Å². The van der Waals surface area contributed by atoms with Gasteiger partial charge in [0.15, 0.2) is 5.78 Å². The van der Waals surface area contributed by atoms with E-state index in [-0.39, 0.29) is 83.3 Å². The molecule has 9 atom stereocenters. The Balaban J connectivity index is 1.81. The van der Waals surface area contributed by atoms with Gasteiger partial charge in [0.25, 0.3) is 10.1 Å². The smallest absolute Gasteiger partial charge is 0.294 e. The molecule has 0 aliphatic carbocycles. The third-order valence-corrected chi connectivity index (χ3v) is 13.6. The molecule has 1 fully saturated rings. The van der Waals surface area contributed by atoms with Gasteiger partial charge in [-0.2, -0.15) is 8.42 Å². The molecule has 0 bridgehead atoms. The van der Waals surface area contributed by atoms with Gasteiger partial charge in [-0.1, -0.05) is 110 Å². The van der Waals surface area contributed by atoms with E-state index in [2.05, 4.69) is 19.2 Å². The molecule has 340 valence electrons. The minimum Gasteiger partial charge on any atom is -0.379 e. The number of benzene rings is 2. The summed E-state index contributed by atoms with van der Waals surface area (Å²) in [5.74, 6) is -1.52. The van der Waals surface area contributed by atoms with Gasteiger partial charge in [0.1, 0.15) is 5.78 Å². The van der Waals surface area contributed by atoms with E-state index < -0.39 is 40.2 Å². The quantitative estimate of drug-likeness (QED) is 0.0981. The molecule has 0 spiro atoms. The molecule has 2 aromatic carbocycles. The number of nitrogens with one attached hydrogen (secondary N) is 1. The number of hydrogen-bond acceptors (Lipinski definition) is 9. The van der Waals surface area contributed by atoms with Crippen LogP contribution in [0, 0.1) is 35.5 Å². The van der Waals surface area contributed by atoms with Gasteiger partial charge in [-0.05, 0) is 73.2 Å². The first-order valence-corrected chi connectivity index (χ1v) is 23.4. The number of ether oxygens (including phenoxy) is 2. The molecule has 0 saturated carbocycles. The van der Waals surface area contributed by atoms with Crippen LogP contribution in [0.1, 0.15) is 98.1 Å². The van der Waals surface area contributed by atoms with Crippen LogP contribution in [0.5, 0.6) is 0 Å². The summed E-state index contributed by atoms with van der Waals surface area (Å²) in [5, 5.41) is 3.11. The van der Waals surface area contributed by atoms with Crippen LogP contribution in [0.4, 0.5) is 0 Å². The topological polar surface area (TPSA) is 160 Å². The van der Waals surface area contributed by atoms with Crippen molar-refractivity contribution in [3.05, 3.63) is 71.8 Å². The molecule has 61 heavy (non-hydrogen) atoms. The second kappa shape index (κ2) is 24.2. The largest absolute Gasteiger partial charge is 0.379 e.